The van der Waals surface area contributed by atoms with Crippen LogP contribution in [-0.4, -0.2) is 21.0 Å². The number of ether oxygens (including phenoxy) is 1. The number of halogens is 3. The van der Waals surface area contributed by atoms with E-state index in [4.69, 9.17) is 9.26 Å². The van der Waals surface area contributed by atoms with Crippen molar-refractivity contribution in [1.29, 1.82) is 0 Å². The van der Waals surface area contributed by atoms with Gasteiger partial charge in [0.25, 0.3) is 11.6 Å². The topological polar surface area (TPSA) is 108 Å². The number of nitrogens with zero attached hydrogens (tertiary/aromatic N) is 3. The summed E-state index contributed by atoms with van der Waals surface area (Å²) >= 11 is 0. The standard InChI is InChI=1S/C19H14F3N3O5/c1-11(29-16(26)10-12-5-2-3-8-15(12)25(27)28)18-23-17(24-30-18)13-6-4-7-14(9-13)19(20,21)22/h2-9,11H,10H2,1H3. The maximum Gasteiger partial charge on any atom is 0.416 e. The summed E-state index contributed by atoms with van der Waals surface area (Å²) in [5.41, 5.74) is -0.824. The van der Waals surface area contributed by atoms with E-state index in [0.29, 0.717) is 0 Å². The van der Waals surface area contributed by atoms with Crippen LogP contribution in [0.1, 0.15) is 30.0 Å². The Kier molecular flexibility index (Phi) is 5.81. The van der Waals surface area contributed by atoms with Gasteiger partial charge in [0.05, 0.1) is 16.9 Å². The molecule has 1 heterocycles. The highest BCUT2D eigenvalue weighted by atomic mass is 19.4. The maximum absolute atomic E-state index is 12.9. The van der Waals surface area contributed by atoms with Gasteiger partial charge in [0.1, 0.15) is 0 Å². The lowest BCUT2D eigenvalue weighted by Gasteiger charge is -2.09. The monoisotopic (exact) mass is 421 g/mol. The minimum atomic E-state index is -4.52. The molecule has 1 unspecified atom stereocenters. The lowest BCUT2D eigenvalue weighted by molar-refractivity contribution is -0.385. The van der Waals surface area contributed by atoms with E-state index in [2.05, 4.69) is 10.1 Å². The number of carbonyl (C=O) groups is 1. The molecule has 0 bridgehead atoms. The van der Waals surface area contributed by atoms with Gasteiger partial charge in [0, 0.05) is 17.2 Å². The molecule has 2 aromatic carbocycles. The van der Waals surface area contributed by atoms with E-state index in [1.807, 2.05) is 0 Å². The first kappa shape index (κ1) is 21.0. The summed E-state index contributed by atoms with van der Waals surface area (Å²) in [5, 5.41) is 14.6. The van der Waals surface area contributed by atoms with Crippen LogP contribution in [0, 0.1) is 10.1 Å². The molecule has 0 amide bonds. The Bertz CT molecular complexity index is 1080. The molecule has 8 nitrogen and oxygen atoms in total. The normalized spacial score (nSPS) is 12.4. The summed E-state index contributed by atoms with van der Waals surface area (Å²) in [5.74, 6) is -0.994. The van der Waals surface area contributed by atoms with Gasteiger partial charge in [-0.05, 0) is 19.1 Å². The highest BCUT2D eigenvalue weighted by Gasteiger charge is 2.31. The van der Waals surface area contributed by atoms with Crippen LogP contribution >= 0.6 is 0 Å². The van der Waals surface area contributed by atoms with Gasteiger partial charge in [-0.1, -0.05) is 35.5 Å². The van der Waals surface area contributed by atoms with Crippen LogP contribution in [0.2, 0.25) is 0 Å². The van der Waals surface area contributed by atoms with Gasteiger partial charge >= 0.3 is 12.1 Å². The molecule has 0 saturated heterocycles. The average Bonchev–Trinajstić information content (AvgIpc) is 3.18. The third-order valence-electron chi connectivity index (χ3n) is 4.07. The summed E-state index contributed by atoms with van der Waals surface area (Å²) in [6.07, 6.45) is -5.88. The number of aromatic nitrogens is 2. The molecule has 0 N–H and O–H groups in total. The molecule has 0 fully saturated rings. The SMILES string of the molecule is CC(OC(=O)Cc1ccccc1[N+](=O)[O-])c1nc(-c2cccc(C(F)(F)F)c2)no1. The van der Waals surface area contributed by atoms with E-state index < -0.39 is 28.7 Å². The van der Waals surface area contributed by atoms with Crippen molar-refractivity contribution in [1.82, 2.24) is 10.1 Å². The van der Waals surface area contributed by atoms with Crippen LogP contribution in [0.3, 0.4) is 0 Å². The minimum absolute atomic E-state index is 0.0817. The first-order chi connectivity index (χ1) is 14.1. The predicted octanol–water partition coefficient (Wildman–Crippen LogP) is 4.51. The average molecular weight is 421 g/mol. The fraction of sp³-hybridized carbons (Fsp3) is 0.211. The third-order valence-corrected chi connectivity index (χ3v) is 4.07. The molecule has 11 heteroatoms. The first-order valence-electron chi connectivity index (χ1n) is 8.58. The second kappa shape index (κ2) is 8.31. The van der Waals surface area contributed by atoms with Gasteiger partial charge in [-0.2, -0.15) is 18.2 Å². The van der Waals surface area contributed by atoms with Crippen molar-refractivity contribution in [3.05, 3.63) is 75.7 Å². The van der Waals surface area contributed by atoms with Gasteiger partial charge in [-0.3, -0.25) is 14.9 Å². The zero-order chi connectivity index (χ0) is 21.9. The molecule has 0 aliphatic carbocycles. The number of esters is 1. The lowest BCUT2D eigenvalue weighted by Crippen LogP contribution is -2.12. The highest BCUT2D eigenvalue weighted by Crippen LogP contribution is 2.32. The zero-order valence-corrected chi connectivity index (χ0v) is 15.4. The maximum atomic E-state index is 12.9. The van der Waals surface area contributed by atoms with Crippen molar-refractivity contribution in [3.8, 4) is 11.4 Å². The van der Waals surface area contributed by atoms with Crippen molar-refractivity contribution < 1.29 is 32.1 Å². The van der Waals surface area contributed by atoms with Crippen LogP contribution in [0.5, 0.6) is 0 Å². The summed E-state index contributed by atoms with van der Waals surface area (Å²) in [6, 6.07) is 10.1. The summed E-state index contributed by atoms with van der Waals surface area (Å²) in [4.78, 5) is 26.5. The van der Waals surface area contributed by atoms with Crippen LogP contribution in [0.15, 0.2) is 53.1 Å². The van der Waals surface area contributed by atoms with Gasteiger partial charge in [0.15, 0.2) is 6.10 Å². The van der Waals surface area contributed by atoms with Crippen LogP contribution < -0.4 is 0 Å². The van der Waals surface area contributed by atoms with Gasteiger partial charge in [-0.15, -0.1) is 0 Å². The number of rotatable bonds is 6. The van der Waals surface area contributed by atoms with Crippen molar-refractivity contribution >= 4 is 11.7 Å². The molecule has 3 rings (SSSR count). The van der Waals surface area contributed by atoms with Crippen LogP contribution in [0.25, 0.3) is 11.4 Å². The molecule has 30 heavy (non-hydrogen) atoms. The summed E-state index contributed by atoms with van der Waals surface area (Å²) < 4.78 is 48.7. The first-order valence-corrected chi connectivity index (χ1v) is 8.58. The Morgan fingerprint density at radius 1 is 1.23 bits per heavy atom. The number of benzene rings is 2. The Morgan fingerprint density at radius 2 is 1.97 bits per heavy atom. The molecule has 1 aromatic heterocycles. The number of hydrogen-bond acceptors (Lipinski definition) is 7. The quantitative estimate of drug-likeness (QED) is 0.327. The Labute approximate surface area is 167 Å². The largest absolute Gasteiger partial charge is 0.452 e. The van der Waals surface area contributed by atoms with Crippen molar-refractivity contribution in [2.45, 2.75) is 25.6 Å². The second-order valence-corrected chi connectivity index (χ2v) is 6.23. The van der Waals surface area contributed by atoms with Gasteiger partial charge < -0.3 is 9.26 Å². The van der Waals surface area contributed by atoms with Crippen LogP contribution in [0.4, 0.5) is 18.9 Å². The highest BCUT2D eigenvalue weighted by molar-refractivity contribution is 5.74. The van der Waals surface area contributed by atoms with E-state index in [0.717, 1.165) is 12.1 Å². The Morgan fingerprint density at radius 3 is 2.67 bits per heavy atom. The second-order valence-electron chi connectivity index (χ2n) is 6.23. The molecule has 1 atom stereocenters. The van der Waals surface area contributed by atoms with Crippen molar-refractivity contribution in [2.24, 2.45) is 0 Å². The molecule has 0 spiro atoms. The van der Waals surface area contributed by atoms with Crippen molar-refractivity contribution in [2.75, 3.05) is 0 Å². The van der Waals surface area contributed by atoms with E-state index in [1.54, 1.807) is 6.07 Å². The third kappa shape index (κ3) is 4.80. The number of alkyl halides is 3. The number of carbonyl (C=O) groups excluding carboxylic acids is 1. The molecule has 3 aromatic rings. The molecule has 0 aliphatic rings. The number of nitro groups is 1. The van der Waals surface area contributed by atoms with Gasteiger partial charge in [0.2, 0.25) is 5.82 Å². The Balaban J connectivity index is 1.71. The van der Waals surface area contributed by atoms with E-state index >= 15 is 0 Å². The van der Waals surface area contributed by atoms with E-state index in [9.17, 15) is 28.1 Å². The lowest BCUT2D eigenvalue weighted by atomic mass is 10.1. The molecular weight excluding hydrogens is 407 g/mol. The smallest absolute Gasteiger partial charge is 0.416 e. The molecule has 156 valence electrons. The summed E-state index contributed by atoms with van der Waals surface area (Å²) in [6.45, 7) is 1.43. The molecule has 0 saturated carbocycles. The number of hydrogen-bond donors (Lipinski definition) is 0. The van der Waals surface area contributed by atoms with Crippen molar-refractivity contribution in [3.63, 3.8) is 0 Å². The Hall–Kier alpha value is -3.76. The fourth-order valence-corrected chi connectivity index (χ4v) is 2.64. The molecule has 0 radical (unpaired) electrons. The van der Waals surface area contributed by atoms with E-state index in [-0.39, 0.29) is 35.0 Å². The van der Waals surface area contributed by atoms with Crippen LogP contribution in [-0.2, 0) is 22.1 Å². The molecule has 0 aliphatic heterocycles. The number of para-hydroxylation sites is 1. The number of nitro benzene ring substituents is 1. The minimum Gasteiger partial charge on any atom is -0.452 e. The fourth-order valence-electron chi connectivity index (χ4n) is 2.64. The van der Waals surface area contributed by atoms with E-state index in [1.165, 1.54) is 37.3 Å². The molecular formula is C19H14F3N3O5. The predicted molar refractivity (Wildman–Crippen MR) is 96.0 cm³/mol. The van der Waals surface area contributed by atoms with Gasteiger partial charge in [-0.25, -0.2) is 0 Å². The summed E-state index contributed by atoms with van der Waals surface area (Å²) in [7, 11) is 0. The zero-order valence-electron chi connectivity index (χ0n) is 15.4.